The molecule has 1 atom stereocenters. The van der Waals surface area contributed by atoms with Crippen LogP contribution in [0.5, 0.6) is 0 Å². The summed E-state index contributed by atoms with van der Waals surface area (Å²) in [6, 6.07) is 10.6. The molecule has 1 aliphatic rings. The molecule has 2 aromatic heterocycles. The Morgan fingerprint density at radius 3 is 2.96 bits per heavy atom. The van der Waals surface area contributed by atoms with E-state index in [1.54, 1.807) is 40.2 Å². The highest BCUT2D eigenvalue weighted by atomic mass is 35.5. The maximum absolute atomic E-state index is 12.6. The van der Waals surface area contributed by atoms with E-state index in [4.69, 9.17) is 20.8 Å². The summed E-state index contributed by atoms with van der Waals surface area (Å²) in [6.45, 7) is 1.40. The summed E-state index contributed by atoms with van der Waals surface area (Å²) in [5.74, 6) is 0.717. The van der Waals surface area contributed by atoms with E-state index in [-0.39, 0.29) is 12.1 Å². The number of carbonyl (C=O) groups excluding carboxylic acids is 1. The minimum Gasteiger partial charge on any atom is -0.467 e. The van der Waals surface area contributed by atoms with Crippen molar-refractivity contribution in [2.24, 2.45) is 0 Å². The molecule has 4 rings (SSSR count). The Morgan fingerprint density at radius 1 is 1.31 bits per heavy atom. The lowest BCUT2D eigenvalue weighted by Crippen LogP contribution is -2.44. The lowest BCUT2D eigenvalue weighted by molar-refractivity contribution is -0.0242. The van der Waals surface area contributed by atoms with Crippen LogP contribution in [0.3, 0.4) is 0 Å². The number of anilines is 1. The second-order valence-electron chi connectivity index (χ2n) is 5.87. The van der Waals surface area contributed by atoms with Gasteiger partial charge in [0.05, 0.1) is 30.1 Å². The van der Waals surface area contributed by atoms with Crippen molar-refractivity contribution in [3.8, 4) is 5.69 Å². The molecule has 1 saturated heterocycles. The van der Waals surface area contributed by atoms with E-state index < -0.39 is 0 Å². The second kappa shape index (κ2) is 7.23. The van der Waals surface area contributed by atoms with Crippen LogP contribution >= 0.6 is 11.6 Å². The number of hydrogen-bond acceptors (Lipinski definition) is 4. The summed E-state index contributed by atoms with van der Waals surface area (Å²) in [4.78, 5) is 14.3. The number of nitrogens with zero attached hydrogens (tertiary/aromatic N) is 3. The molecule has 1 fully saturated rings. The highest BCUT2D eigenvalue weighted by Gasteiger charge is 2.27. The van der Waals surface area contributed by atoms with Crippen molar-refractivity contribution in [3.05, 3.63) is 65.8 Å². The number of benzene rings is 1. The Hall–Kier alpha value is -2.77. The largest absolute Gasteiger partial charge is 0.467 e. The van der Waals surface area contributed by atoms with Gasteiger partial charge in [-0.1, -0.05) is 11.6 Å². The fourth-order valence-electron chi connectivity index (χ4n) is 2.86. The van der Waals surface area contributed by atoms with Gasteiger partial charge in [-0.2, -0.15) is 5.10 Å². The van der Waals surface area contributed by atoms with Gasteiger partial charge >= 0.3 is 6.03 Å². The summed E-state index contributed by atoms with van der Waals surface area (Å²) in [5.41, 5.74) is 1.37. The molecule has 0 saturated carbocycles. The van der Waals surface area contributed by atoms with E-state index in [9.17, 15) is 4.79 Å². The zero-order valence-corrected chi connectivity index (χ0v) is 14.6. The first-order chi connectivity index (χ1) is 12.7. The van der Waals surface area contributed by atoms with Gasteiger partial charge in [0.15, 0.2) is 0 Å². The topological polar surface area (TPSA) is 72.5 Å². The number of carbonyl (C=O) groups is 1. The Balaban J connectivity index is 1.43. The van der Waals surface area contributed by atoms with Gasteiger partial charge in [0.1, 0.15) is 11.9 Å². The third-order valence-corrected chi connectivity index (χ3v) is 4.47. The van der Waals surface area contributed by atoms with Crippen molar-refractivity contribution in [1.29, 1.82) is 0 Å². The maximum Gasteiger partial charge on any atom is 0.322 e. The number of furan rings is 1. The third-order valence-electron chi connectivity index (χ3n) is 4.16. The van der Waals surface area contributed by atoms with Crippen molar-refractivity contribution in [2.75, 3.05) is 25.0 Å². The number of urea groups is 1. The first-order valence-corrected chi connectivity index (χ1v) is 8.59. The fraction of sp³-hybridized carbons (Fsp3) is 0.222. The van der Waals surface area contributed by atoms with Gasteiger partial charge in [-0.05, 0) is 36.4 Å². The molecule has 26 heavy (non-hydrogen) atoms. The van der Waals surface area contributed by atoms with Crippen LogP contribution in [-0.4, -0.2) is 40.4 Å². The molecule has 0 unspecified atom stereocenters. The standard InChI is InChI=1S/C18H17ClN4O3/c19-14-11-13(4-5-15(14)23-7-2-6-20-23)21-18(24)22-8-10-26-17(12-22)16-3-1-9-25-16/h1-7,9,11,17H,8,10,12H2,(H,21,24)/t17-/m0/s1. The molecule has 1 aliphatic heterocycles. The van der Waals surface area contributed by atoms with Crippen LogP contribution in [0.1, 0.15) is 11.9 Å². The van der Waals surface area contributed by atoms with E-state index in [1.807, 2.05) is 24.4 Å². The van der Waals surface area contributed by atoms with E-state index in [0.29, 0.717) is 36.2 Å². The molecule has 0 radical (unpaired) electrons. The molecule has 134 valence electrons. The molecular weight excluding hydrogens is 356 g/mol. The van der Waals surface area contributed by atoms with E-state index >= 15 is 0 Å². The van der Waals surface area contributed by atoms with Crippen LogP contribution in [0.4, 0.5) is 10.5 Å². The van der Waals surface area contributed by atoms with Gasteiger partial charge in [0.25, 0.3) is 0 Å². The second-order valence-corrected chi connectivity index (χ2v) is 6.28. The molecule has 3 heterocycles. The number of hydrogen-bond donors (Lipinski definition) is 1. The molecule has 3 aromatic rings. The van der Waals surface area contributed by atoms with Gasteiger partial charge in [0, 0.05) is 24.6 Å². The number of morpholine rings is 1. The molecule has 2 amide bonds. The van der Waals surface area contributed by atoms with Gasteiger partial charge in [-0.15, -0.1) is 0 Å². The van der Waals surface area contributed by atoms with E-state index in [2.05, 4.69) is 10.4 Å². The quantitative estimate of drug-likeness (QED) is 0.760. The lowest BCUT2D eigenvalue weighted by Gasteiger charge is -2.32. The zero-order valence-electron chi connectivity index (χ0n) is 13.8. The predicted octanol–water partition coefficient (Wildman–Crippen LogP) is 3.72. The average molecular weight is 373 g/mol. The third kappa shape index (κ3) is 3.44. The highest BCUT2D eigenvalue weighted by Crippen LogP contribution is 2.26. The minimum atomic E-state index is -0.254. The number of rotatable bonds is 3. The SMILES string of the molecule is O=C(Nc1ccc(-n2cccn2)c(Cl)c1)N1CCO[C@H](c2ccco2)C1. The Morgan fingerprint density at radius 2 is 2.23 bits per heavy atom. The van der Waals surface area contributed by atoms with Crippen LogP contribution < -0.4 is 5.32 Å². The molecule has 7 nitrogen and oxygen atoms in total. The van der Waals surface area contributed by atoms with Gasteiger partial charge in [-0.25, -0.2) is 9.48 Å². The van der Waals surface area contributed by atoms with Crippen molar-refractivity contribution >= 4 is 23.3 Å². The predicted molar refractivity (Wildman–Crippen MR) is 96.6 cm³/mol. The number of amides is 2. The highest BCUT2D eigenvalue weighted by molar-refractivity contribution is 6.32. The molecule has 0 aliphatic carbocycles. The summed E-state index contributed by atoms with van der Waals surface area (Å²) in [7, 11) is 0. The smallest absolute Gasteiger partial charge is 0.322 e. The van der Waals surface area contributed by atoms with Crippen LogP contribution in [-0.2, 0) is 4.74 Å². The van der Waals surface area contributed by atoms with Crippen LogP contribution in [0, 0.1) is 0 Å². The molecule has 1 N–H and O–H groups in total. The molecule has 0 spiro atoms. The average Bonchev–Trinajstić information content (AvgIpc) is 3.36. The van der Waals surface area contributed by atoms with Crippen molar-refractivity contribution in [2.45, 2.75) is 6.10 Å². The van der Waals surface area contributed by atoms with Gasteiger partial charge < -0.3 is 19.4 Å². The van der Waals surface area contributed by atoms with Crippen LogP contribution in [0.15, 0.2) is 59.5 Å². The molecular formula is C18H17ClN4O3. The zero-order chi connectivity index (χ0) is 17.9. The van der Waals surface area contributed by atoms with Crippen LogP contribution in [0.2, 0.25) is 5.02 Å². The number of aromatic nitrogens is 2. The molecule has 8 heteroatoms. The summed E-state index contributed by atoms with van der Waals surface area (Å²) in [6.07, 6.45) is 4.83. The lowest BCUT2D eigenvalue weighted by atomic mass is 10.2. The number of ether oxygens (including phenoxy) is 1. The summed E-state index contributed by atoms with van der Waals surface area (Å²) < 4.78 is 12.7. The van der Waals surface area contributed by atoms with E-state index in [0.717, 1.165) is 5.69 Å². The van der Waals surface area contributed by atoms with Gasteiger partial charge in [0.2, 0.25) is 0 Å². The maximum atomic E-state index is 12.6. The summed E-state index contributed by atoms with van der Waals surface area (Å²) in [5, 5.41) is 7.54. The Labute approximate surface area is 155 Å². The normalized spacial score (nSPS) is 17.3. The fourth-order valence-corrected chi connectivity index (χ4v) is 3.13. The Kier molecular flexibility index (Phi) is 4.64. The first kappa shape index (κ1) is 16.7. The first-order valence-electron chi connectivity index (χ1n) is 8.21. The Bertz CT molecular complexity index is 880. The minimum absolute atomic E-state index is 0.201. The van der Waals surface area contributed by atoms with Crippen molar-refractivity contribution < 1.29 is 13.9 Å². The monoisotopic (exact) mass is 372 g/mol. The van der Waals surface area contributed by atoms with Crippen LogP contribution in [0.25, 0.3) is 5.69 Å². The number of nitrogens with one attached hydrogen (secondary N) is 1. The molecule has 0 bridgehead atoms. The molecule has 1 aromatic carbocycles. The number of halogens is 1. The van der Waals surface area contributed by atoms with Crippen molar-refractivity contribution in [1.82, 2.24) is 14.7 Å². The van der Waals surface area contributed by atoms with Crippen molar-refractivity contribution in [3.63, 3.8) is 0 Å². The van der Waals surface area contributed by atoms with Gasteiger partial charge in [-0.3, -0.25) is 0 Å². The summed E-state index contributed by atoms with van der Waals surface area (Å²) >= 11 is 6.32. The van der Waals surface area contributed by atoms with E-state index in [1.165, 1.54) is 0 Å².